The Kier molecular flexibility index (Phi) is 2.14. The van der Waals surface area contributed by atoms with Gasteiger partial charge in [-0.05, 0) is 19.4 Å². The lowest BCUT2D eigenvalue weighted by Crippen LogP contribution is -2.12. The number of nitrogens with one attached hydrogen (secondary N) is 1. The van der Waals surface area contributed by atoms with Crippen LogP contribution in [0.1, 0.15) is 42.3 Å². The summed E-state index contributed by atoms with van der Waals surface area (Å²) in [5.41, 5.74) is 0. The van der Waals surface area contributed by atoms with Gasteiger partial charge in [0.2, 0.25) is 5.89 Å². The van der Waals surface area contributed by atoms with Crippen molar-refractivity contribution in [2.75, 3.05) is 6.54 Å². The van der Waals surface area contributed by atoms with Crippen molar-refractivity contribution in [3.05, 3.63) is 17.8 Å². The monoisotopic (exact) mass is 180 g/mol. The zero-order valence-electron chi connectivity index (χ0n) is 7.54. The SMILES string of the molecule is CC(=O)c1cnc(C2CCCN2)o1. The van der Waals surface area contributed by atoms with Gasteiger partial charge >= 0.3 is 0 Å². The van der Waals surface area contributed by atoms with Crippen LogP contribution in [0.4, 0.5) is 0 Å². The summed E-state index contributed by atoms with van der Waals surface area (Å²) >= 11 is 0. The van der Waals surface area contributed by atoms with E-state index in [0.717, 1.165) is 19.4 Å². The first-order valence-corrected chi connectivity index (χ1v) is 4.47. The quantitative estimate of drug-likeness (QED) is 0.697. The van der Waals surface area contributed by atoms with Crippen LogP contribution in [-0.2, 0) is 0 Å². The minimum Gasteiger partial charge on any atom is -0.436 e. The largest absolute Gasteiger partial charge is 0.436 e. The smallest absolute Gasteiger partial charge is 0.212 e. The lowest BCUT2D eigenvalue weighted by Gasteiger charge is -2.02. The molecule has 4 nitrogen and oxygen atoms in total. The number of oxazole rings is 1. The van der Waals surface area contributed by atoms with Crippen LogP contribution in [0.5, 0.6) is 0 Å². The Morgan fingerprint density at radius 2 is 2.62 bits per heavy atom. The third kappa shape index (κ3) is 1.62. The van der Waals surface area contributed by atoms with Crippen molar-refractivity contribution in [2.45, 2.75) is 25.8 Å². The Balaban J connectivity index is 2.16. The van der Waals surface area contributed by atoms with Gasteiger partial charge in [-0.2, -0.15) is 0 Å². The maximum Gasteiger partial charge on any atom is 0.212 e. The van der Waals surface area contributed by atoms with Crippen LogP contribution in [-0.4, -0.2) is 17.3 Å². The van der Waals surface area contributed by atoms with Crippen molar-refractivity contribution in [1.29, 1.82) is 0 Å². The average Bonchev–Trinajstić information content (AvgIpc) is 2.75. The molecule has 1 aliphatic rings. The summed E-state index contributed by atoms with van der Waals surface area (Å²) in [5.74, 6) is 0.920. The number of ketones is 1. The van der Waals surface area contributed by atoms with Gasteiger partial charge in [0.05, 0.1) is 12.2 Å². The number of carbonyl (C=O) groups is 1. The number of Topliss-reactive ketones (excluding diaryl/α,β-unsaturated/α-hetero) is 1. The molecular formula is C9H12N2O2. The van der Waals surface area contributed by atoms with Crippen molar-refractivity contribution >= 4 is 5.78 Å². The summed E-state index contributed by atoms with van der Waals surface area (Å²) in [7, 11) is 0. The maximum atomic E-state index is 10.9. The topological polar surface area (TPSA) is 55.1 Å². The van der Waals surface area contributed by atoms with E-state index >= 15 is 0 Å². The molecular weight excluding hydrogens is 168 g/mol. The van der Waals surface area contributed by atoms with Gasteiger partial charge in [-0.3, -0.25) is 4.79 Å². The molecule has 1 aromatic heterocycles. The molecule has 1 fully saturated rings. The van der Waals surface area contributed by atoms with Gasteiger partial charge in [-0.1, -0.05) is 0 Å². The molecule has 0 bridgehead atoms. The van der Waals surface area contributed by atoms with Gasteiger partial charge in [0.25, 0.3) is 0 Å². The minimum atomic E-state index is -0.0725. The van der Waals surface area contributed by atoms with Gasteiger partial charge in [-0.15, -0.1) is 0 Å². The number of rotatable bonds is 2. The van der Waals surface area contributed by atoms with Crippen LogP contribution in [0.2, 0.25) is 0 Å². The third-order valence-electron chi connectivity index (χ3n) is 2.23. The standard InChI is InChI=1S/C9H12N2O2/c1-6(12)8-5-11-9(13-8)7-3-2-4-10-7/h5,7,10H,2-4H2,1H3. The van der Waals surface area contributed by atoms with Crippen molar-refractivity contribution in [3.63, 3.8) is 0 Å². The molecule has 4 heteroatoms. The van der Waals surface area contributed by atoms with E-state index in [2.05, 4.69) is 10.3 Å². The highest BCUT2D eigenvalue weighted by Crippen LogP contribution is 2.22. The molecule has 2 heterocycles. The highest BCUT2D eigenvalue weighted by atomic mass is 16.4. The first-order valence-electron chi connectivity index (χ1n) is 4.47. The van der Waals surface area contributed by atoms with E-state index in [0.29, 0.717) is 11.7 Å². The van der Waals surface area contributed by atoms with E-state index in [-0.39, 0.29) is 11.8 Å². The van der Waals surface area contributed by atoms with E-state index in [4.69, 9.17) is 4.42 Å². The predicted octanol–water partition coefficient (Wildman–Crippen LogP) is 1.30. The molecule has 0 aliphatic carbocycles. The molecule has 0 spiro atoms. The molecule has 1 N–H and O–H groups in total. The summed E-state index contributed by atoms with van der Waals surface area (Å²) in [6.45, 7) is 2.48. The number of carbonyl (C=O) groups excluding carboxylic acids is 1. The zero-order chi connectivity index (χ0) is 9.26. The number of hydrogen-bond donors (Lipinski definition) is 1. The van der Waals surface area contributed by atoms with Crippen molar-refractivity contribution in [1.82, 2.24) is 10.3 Å². The molecule has 70 valence electrons. The molecule has 1 atom stereocenters. The van der Waals surface area contributed by atoms with Crippen LogP contribution < -0.4 is 5.32 Å². The summed E-state index contributed by atoms with van der Waals surface area (Å²) in [4.78, 5) is 15.0. The molecule has 1 saturated heterocycles. The first-order chi connectivity index (χ1) is 6.27. The van der Waals surface area contributed by atoms with Crippen LogP contribution in [0.15, 0.2) is 10.6 Å². The van der Waals surface area contributed by atoms with E-state index < -0.39 is 0 Å². The highest BCUT2D eigenvalue weighted by molar-refractivity contribution is 5.90. The van der Waals surface area contributed by atoms with Crippen molar-refractivity contribution in [3.8, 4) is 0 Å². The summed E-state index contributed by atoms with van der Waals surface area (Å²) in [6, 6.07) is 0.202. The fourth-order valence-electron chi connectivity index (χ4n) is 1.51. The molecule has 1 aromatic rings. The van der Waals surface area contributed by atoms with Gasteiger partial charge in [0, 0.05) is 6.92 Å². The second kappa shape index (κ2) is 3.30. The van der Waals surface area contributed by atoms with Crippen molar-refractivity contribution < 1.29 is 9.21 Å². The third-order valence-corrected chi connectivity index (χ3v) is 2.23. The Morgan fingerprint density at radius 3 is 3.15 bits per heavy atom. The molecule has 1 unspecified atom stereocenters. The predicted molar refractivity (Wildman–Crippen MR) is 46.5 cm³/mol. The molecule has 0 amide bonds. The molecule has 0 radical (unpaired) electrons. The summed E-state index contributed by atoms with van der Waals surface area (Å²) in [5, 5.41) is 3.26. The van der Waals surface area contributed by atoms with Gasteiger partial charge in [0.15, 0.2) is 11.5 Å². The number of nitrogens with zero attached hydrogens (tertiary/aromatic N) is 1. The summed E-state index contributed by atoms with van der Waals surface area (Å²) < 4.78 is 5.31. The normalized spacial score (nSPS) is 22.1. The van der Waals surface area contributed by atoms with E-state index in [1.807, 2.05) is 0 Å². The first kappa shape index (κ1) is 8.44. The van der Waals surface area contributed by atoms with Gasteiger partial charge < -0.3 is 9.73 Å². The Morgan fingerprint density at radius 1 is 1.77 bits per heavy atom. The lowest BCUT2D eigenvalue weighted by atomic mass is 10.2. The summed E-state index contributed by atoms with van der Waals surface area (Å²) in [6.07, 6.45) is 3.68. The Hall–Kier alpha value is -1.16. The highest BCUT2D eigenvalue weighted by Gasteiger charge is 2.21. The van der Waals surface area contributed by atoms with Crippen LogP contribution in [0, 0.1) is 0 Å². The lowest BCUT2D eigenvalue weighted by molar-refractivity contribution is 0.0984. The second-order valence-corrected chi connectivity index (χ2v) is 3.27. The van der Waals surface area contributed by atoms with E-state index in [9.17, 15) is 4.79 Å². The Bertz CT molecular complexity index is 313. The van der Waals surface area contributed by atoms with E-state index in [1.54, 1.807) is 0 Å². The molecule has 0 aromatic carbocycles. The fourth-order valence-corrected chi connectivity index (χ4v) is 1.51. The molecule has 2 rings (SSSR count). The zero-order valence-corrected chi connectivity index (χ0v) is 7.54. The number of hydrogen-bond acceptors (Lipinski definition) is 4. The molecule has 0 saturated carbocycles. The second-order valence-electron chi connectivity index (χ2n) is 3.27. The average molecular weight is 180 g/mol. The molecule has 1 aliphatic heterocycles. The van der Waals surface area contributed by atoms with Crippen LogP contribution >= 0.6 is 0 Å². The maximum absolute atomic E-state index is 10.9. The fraction of sp³-hybridized carbons (Fsp3) is 0.556. The van der Waals surface area contributed by atoms with Crippen molar-refractivity contribution in [2.24, 2.45) is 0 Å². The van der Waals surface area contributed by atoms with E-state index in [1.165, 1.54) is 13.1 Å². The van der Waals surface area contributed by atoms with Crippen LogP contribution in [0.3, 0.4) is 0 Å². The number of aromatic nitrogens is 1. The van der Waals surface area contributed by atoms with Gasteiger partial charge in [-0.25, -0.2) is 4.98 Å². The molecule has 13 heavy (non-hydrogen) atoms. The van der Waals surface area contributed by atoms with Crippen LogP contribution in [0.25, 0.3) is 0 Å². The minimum absolute atomic E-state index is 0.0725. The van der Waals surface area contributed by atoms with Gasteiger partial charge in [0.1, 0.15) is 0 Å². The Labute approximate surface area is 76.3 Å².